The molecule has 2 nitrogen and oxygen atoms in total. The summed E-state index contributed by atoms with van der Waals surface area (Å²) in [6.45, 7) is 11.3. The van der Waals surface area contributed by atoms with Crippen LogP contribution in [0.1, 0.15) is 26.3 Å². The summed E-state index contributed by atoms with van der Waals surface area (Å²) in [5, 5.41) is 9.25. The monoisotopic (exact) mass is 252 g/mol. The highest BCUT2D eigenvalue weighted by Gasteiger charge is 2.39. The molecule has 0 amide bonds. The van der Waals surface area contributed by atoms with Crippen molar-refractivity contribution in [3.05, 3.63) is 29.8 Å². The minimum atomic E-state index is -1.79. The molecule has 0 heterocycles. The number of rotatable bonds is 4. The molecule has 17 heavy (non-hydrogen) atoms. The number of benzene rings is 1. The summed E-state index contributed by atoms with van der Waals surface area (Å²) in [5.41, 5.74) is 1.10. The third-order valence-corrected chi connectivity index (χ3v) is 7.87. The topological polar surface area (TPSA) is 29.5 Å². The average Bonchev–Trinajstić information content (AvgIpc) is 2.19. The zero-order valence-electron chi connectivity index (χ0n) is 11.6. The number of aliphatic hydroxyl groups is 1. The van der Waals surface area contributed by atoms with Crippen molar-refractivity contribution in [2.75, 3.05) is 6.61 Å². The van der Waals surface area contributed by atoms with E-state index >= 15 is 0 Å². The van der Waals surface area contributed by atoms with Gasteiger partial charge < -0.3 is 9.53 Å². The Morgan fingerprint density at radius 3 is 2.29 bits per heavy atom. The fourth-order valence-electron chi connectivity index (χ4n) is 1.36. The summed E-state index contributed by atoms with van der Waals surface area (Å²) >= 11 is 0. The summed E-state index contributed by atoms with van der Waals surface area (Å²) in [7, 11) is -1.79. The van der Waals surface area contributed by atoms with E-state index in [1.54, 1.807) is 0 Å². The summed E-state index contributed by atoms with van der Waals surface area (Å²) in [4.78, 5) is 0. The van der Waals surface area contributed by atoms with Crippen molar-refractivity contribution in [3.8, 4) is 5.75 Å². The normalized spacial score (nSPS) is 12.6. The Kier molecular flexibility index (Phi) is 4.39. The molecule has 0 saturated carbocycles. The van der Waals surface area contributed by atoms with E-state index in [2.05, 4.69) is 33.9 Å². The second-order valence-electron chi connectivity index (χ2n) is 5.94. The van der Waals surface area contributed by atoms with Crippen LogP contribution in [-0.2, 0) is 6.42 Å². The molecule has 0 fully saturated rings. The molecule has 0 bridgehead atoms. The second-order valence-corrected chi connectivity index (χ2v) is 10.7. The lowest BCUT2D eigenvalue weighted by molar-refractivity contribution is 0.298. The lowest BCUT2D eigenvalue weighted by atomic mass is 10.1. The molecule has 0 saturated heterocycles. The highest BCUT2D eigenvalue weighted by Crippen LogP contribution is 2.38. The van der Waals surface area contributed by atoms with Crippen molar-refractivity contribution in [2.24, 2.45) is 0 Å². The van der Waals surface area contributed by atoms with Gasteiger partial charge in [-0.15, -0.1) is 0 Å². The fraction of sp³-hybridized carbons (Fsp3) is 0.571. The maximum absolute atomic E-state index is 9.06. The third-order valence-electron chi connectivity index (χ3n) is 3.53. The van der Waals surface area contributed by atoms with E-state index in [0.717, 1.165) is 11.3 Å². The van der Waals surface area contributed by atoms with Gasteiger partial charge >= 0.3 is 0 Å². The summed E-state index contributed by atoms with van der Waals surface area (Å²) in [5.74, 6) is 0.938. The van der Waals surface area contributed by atoms with Gasteiger partial charge in [-0.05, 0) is 36.2 Å². The second kappa shape index (κ2) is 5.23. The molecule has 0 spiro atoms. The van der Waals surface area contributed by atoms with Crippen LogP contribution >= 0.6 is 0 Å². The smallest absolute Gasteiger partial charge is 0.250 e. The summed E-state index contributed by atoms with van der Waals surface area (Å²) in [6, 6.07) is 8.01. The van der Waals surface area contributed by atoms with Gasteiger partial charge in [0.15, 0.2) is 0 Å². The van der Waals surface area contributed by atoms with Crippen LogP contribution in [0.3, 0.4) is 0 Å². The van der Waals surface area contributed by atoms with Crippen molar-refractivity contribution < 1.29 is 9.53 Å². The molecule has 0 aliphatic carbocycles. The van der Waals surface area contributed by atoms with Crippen LogP contribution in [0.4, 0.5) is 0 Å². The zero-order valence-corrected chi connectivity index (χ0v) is 12.6. The highest BCUT2D eigenvalue weighted by molar-refractivity contribution is 6.74. The highest BCUT2D eigenvalue weighted by atomic mass is 28.4. The molecule has 3 heteroatoms. The number of aliphatic hydroxyl groups excluding tert-OH is 1. The van der Waals surface area contributed by atoms with Crippen molar-refractivity contribution in [1.29, 1.82) is 0 Å². The SMILES string of the molecule is CC(C)(C)[Si](C)(C)Oc1ccccc1CCO. The first kappa shape index (κ1) is 14.3. The van der Waals surface area contributed by atoms with Gasteiger partial charge in [0.1, 0.15) is 5.75 Å². The summed E-state index contributed by atoms with van der Waals surface area (Å²) in [6.07, 6.45) is 0.658. The molecule has 0 radical (unpaired) electrons. The number of para-hydroxylation sites is 1. The van der Waals surface area contributed by atoms with Gasteiger partial charge in [-0.2, -0.15) is 0 Å². The predicted octanol–water partition coefficient (Wildman–Crippen LogP) is 3.61. The molecule has 0 atom stereocenters. The van der Waals surface area contributed by atoms with Crippen molar-refractivity contribution in [1.82, 2.24) is 0 Å². The molecule has 0 aliphatic rings. The van der Waals surface area contributed by atoms with Crippen LogP contribution in [0.15, 0.2) is 24.3 Å². The minimum absolute atomic E-state index is 0.165. The molecule has 1 N–H and O–H groups in total. The molecular weight excluding hydrogens is 228 g/mol. The summed E-state index contributed by atoms with van der Waals surface area (Å²) < 4.78 is 6.28. The molecular formula is C14H24O2Si. The lowest BCUT2D eigenvalue weighted by Gasteiger charge is -2.37. The number of hydrogen-bond donors (Lipinski definition) is 1. The quantitative estimate of drug-likeness (QED) is 0.830. The van der Waals surface area contributed by atoms with Crippen LogP contribution < -0.4 is 4.43 Å². The Hall–Kier alpha value is -0.803. The molecule has 0 aliphatic heterocycles. The van der Waals surface area contributed by atoms with E-state index in [9.17, 15) is 0 Å². The Morgan fingerprint density at radius 2 is 1.76 bits per heavy atom. The Morgan fingerprint density at radius 1 is 1.18 bits per heavy atom. The van der Waals surface area contributed by atoms with E-state index in [-0.39, 0.29) is 11.6 Å². The Labute approximate surface area is 106 Å². The van der Waals surface area contributed by atoms with Crippen LogP contribution in [-0.4, -0.2) is 20.0 Å². The van der Waals surface area contributed by atoms with Crippen molar-refractivity contribution >= 4 is 8.32 Å². The lowest BCUT2D eigenvalue weighted by Crippen LogP contribution is -2.44. The molecule has 1 rings (SSSR count). The first-order chi connectivity index (χ1) is 7.78. The van der Waals surface area contributed by atoms with Gasteiger partial charge in [0.2, 0.25) is 8.32 Å². The Bertz CT molecular complexity index is 367. The van der Waals surface area contributed by atoms with Gasteiger partial charge in [0, 0.05) is 6.61 Å². The third kappa shape index (κ3) is 3.58. The van der Waals surface area contributed by atoms with Gasteiger partial charge in [-0.25, -0.2) is 0 Å². The maximum atomic E-state index is 9.06. The average molecular weight is 252 g/mol. The van der Waals surface area contributed by atoms with Crippen LogP contribution in [0.5, 0.6) is 5.75 Å². The van der Waals surface area contributed by atoms with E-state index in [4.69, 9.17) is 9.53 Å². The van der Waals surface area contributed by atoms with E-state index in [1.807, 2.05) is 24.3 Å². The van der Waals surface area contributed by atoms with Gasteiger partial charge in [-0.3, -0.25) is 0 Å². The Balaban J connectivity index is 2.95. The van der Waals surface area contributed by atoms with E-state index in [0.29, 0.717) is 6.42 Å². The largest absolute Gasteiger partial charge is 0.543 e. The van der Waals surface area contributed by atoms with Crippen molar-refractivity contribution in [2.45, 2.75) is 45.3 Å². The molecule has 0 aromatic heterocycles. The first-order valence-corrected chi connectivity index (χ1v) is 9.06. The van der Waals surface area contributed by atoms with Crippen molar-refractivity contribution in [3.63, 3.8) is 0 Å². The van der Waals surface area contributed by atoms with Crippen LogP contribution in [0.2, 0.25) is 18.1 Å². The van der Waals surface area contributed by atoms with Gasteiger partial charge in [-0.1, -0.05) is 39.0 Å². The molecule has 0 unspecified atom stereocenters. The molecule has 1 aromatic rings. The van der Waals surface area contributed by atoms with Crippen LogP contribution in [0.25, 0.3) is 0 Å². The standard InChI is InChI=1S/C14H24O2Si/c1-14(2,3)17(4,5)16-13-9-7-6-8-12(13)10-11-15/h6-9,15H,10-11H2,1-5H3. The van der Waals surface area contributed by atoms with Gasteiger partial charge in [0.05, 0.1) is 0 Å². The number of hydrogen-bond acceptors (Lipinski definition) is 2. The fourth-order valence-corrected chi connectivity index (χ4v) is 2.41. The zero-order chi connectivity index (χ0) is 13.1. The van der Waals surface area contributed by atoms with Crippen LogP contribution in [0, 0.1) is 0 Å². The first-order valence-electron chi connectivity index (χ1n) is 6.16. The predicted molar refractivity (Wildman–Crippen MR) is 75.1 cm³/mol. The maximum Gasteiger partial charge on any atom is 0.250 e. The molecule has 1 aromatic carbocycles. The molecule has 96 valence electrons. The van der Waals surface area contributed by atoms with E-state index in [1.165, 1.54) is 0 Å². The minimum Gasteiger partial charge on any atom is -0.543 e. The van der Waals surface area contributed by atoms with E-state index < -0.39 is 8.32 Å². The van der Waals surface area contributed by atoms with Gasteiger partial charge in [0.25, 0.3) is 0 Å².